The Balaban J connectivity index is 1.33. The molecule has 6 rings (SSSR count). The van der Waals surface area contributed by atoms with E-state index in [4.69, 9.17) is 9.84 Å². The summed E-state index contributed by atoms with van der Waals surface area (Å²) in [5.41, 5.74) is 8.91. The van der Waals surface area contributed by atoms with Crippen molar-refractivity contribution < 1.29 is 14.6 Å². The molecule has 0 fully saturated rings. The number of rotatable bonds is 8. The Morgan fingerprint density at radius 1 is 0.641 bits per heavy atom. The lowest BCUT2D eigenvalue weighted by Crippen LogP contribution is -2.09. The quantitative estimate of drug-likeness (QED) is 0.216. The number of para-hydroxylation sites is 2. The van der Waals surface area contributed by atoms with Crippen molar-refractivity contribution in [3.63, 3.8) is 0 Å². The van der Waals surface area contributed by atoms with Crippen LogP contribution in [0, 0.1) is 0 Å². The predicted octanol–water partition coefficient (Wildman–Crippen LogP) is 7.96. The number of carboxylic acids is 1. The first-order chi connectivity index (χ1) is 19.2. The van der Waals surface area contributed by atoms with Crippen molar-refractivity contribution in [1.82, 2.24) is 8.75 Å². The number of carbonyl (C=O) groups is 1. The lowest BCUT2D eigenvalue weighted by atomic mass is 9.97. The van der Waals surface area contributed by atoms with E-state index in [0.29, 0.717) is 5.75 Å². The largest absolute Gasteiger partial charge is 0.482 e. The molecule has 0 radical (unpaired) electrons. The standard InChI is InChI=1S/C32H23N3O3S/c36-30(37)21-38-27-17-13-23(14-18-27)29-20-19-28(31-32(29)34-39-33-31)22-11-15-26(16-12-22)35(24-7-3-1-4-8-24)25-9-5-2-6-10-25/h1-20H,21H2,(H,36,37). The van der Waals surface area contributed by atoms with Gasteiger partial charge in [-0.3, -0.25) is 0 Å². The molecule has 0 atom stereocenters. The fraction of sp³-hybridized carbons (Fsp3) is 0.0312. The average molecular weight is 530 g/mol. The highest BCUT2D eigenvalue weighted by Crippen LogP contribution is 2.38. The van der Waals surface area contributed by atoms with E-state index in [1.165, 1.54) is 11.7 Å². The van der Waals surface area contributed by atoms with Crippen LogP contribution in [-0.4, -0.2) is 26.4 Å². The van der Waals surface area contributed by atoms with Gasteiger partial charge in [0.05, 0.1) is 11.7 Å². The summed E-state index contributed by atoms with van der Waals surface area (Å²) in [7, 11) is 0. The molecule has 6 nitrogen and oxygen atoms in total. The van der Waals surface area contributed by atoms with E-state index in [-0.39, 0.29) is 6.61 Å². The van der Waals surface area contributed by atoms with Gasteiger partial charge in [0, 0.05) is 28.2 Å². The van der Waals surface area contributed by atoms with Gasteiger partial charge < -0.3 is 14.7 Å². The minimum absolute atomic E-state index is 0.373. The molecule has 0 aliphatic heterocycles. The first-order valence-electron chi connectivity index (χ1n) is 12.4. The van der Waals surface area contributed by atoms with Gasteiger partial charge in [-0.2, -0.15) is 8.75 Å². The van der Waals surface area contributed by atoms with Crippen LogP contribution in [0.3, 0.4) is 0 Å². The number of anilines is 3. The van der Waals surface area contributed by atoms with Crippen LogP contribution in [0.5, 0.6) is 5.75 Å². The van der Waals surface area contributed by atoms with Crippen LogP contribution in [0.4, 0.5) is 17.1 Å². The Morgan fingerprint density at radius 3 is 1.59 bits per heavy atom. The molecule has 1 N–H and O–H groups in total. The third-order valence-electron chi connectivity index (χ3n) is 6.41. The third kappa shape index (κ3) is 5.08. The highest BCUT2D eigenvalue weighted by Gasteiger charge is 2.16. The summed E-state index contributed by atoms with van der Waals surface area (Å²) in [6.45, 7) is -0.373. The molecule has 6 aromatic rings. The number of aromatic nitrogens is 2. The van der Waals surface area contributed by atoms with Crippen LogP contribution >= 0.6 is 11.7 Å². The molecule has 0 spiro atoms. The summed E-state index contributed by atoms with van der Waals surface area (Å²) in [6.07, 6.45) is 0. The van der Waals surface area contributed by atoms with Crippen LogP contribution < -0.4 is 9.64 Å². The second-order valence-corrected chi connectivity index (χ2v) is 9.41. The molecular weight excluding hydrogens is 506 g/mol. The van der Waals surface area contributed by atoms with Gasteiger partial charge in [-0.25, -0.2) is 4.79 Å². The maximum absolute atomic E-state index is 10.8. The Labute approximate surface area is 229 Å². The van der Waals surface area contributed by atoms with E-state index in [1.807, 2.05) is 48.5 Å². The zero-order chi connectivity index (χ0) is 26.6. The number of benzene rings is 5. The third-order valence-corrected chi connectivity index (χ3v) is 6.94. The molecule has 5 aromatic carbocycles. The van der Waals surface area contributed by atoms with Gasteiger partial charge in [0.1, 0.15) is 16.8 Å². The first-order valence-corrected chi connectivity index (χ1v) is 13.1. The van der Waals surface area contributed by atoms with Crippen molar-refractivity contribution in [2.24, 2.45) is 0 Å². The number of ether oxygens (including phenoxy) is 1. The smallest absolute Gasteiger partial charge is 0.341 e. The summed E-state index contributed by atoms with van der Waals surface area (Å²) in [4.78, 5) is 13.0. The predicted molar refractivity (Wildman–Crippen MR) is 156 cm³/mol. The van der Waals surface area contributed by atoms with Gasteiger partial charge in [0.25, 0.3) is 0 Å². The maximum Gasteiger partial charge on any atom is 0.341 e. The molecule has 7 heteroatoms. The molecule has 0 saturated heterocycles. The Kier molecular flexibility index (Phi) is 6.72. The Morgan fingerprint density at radius 2 is 1.10 bits per heavy atom. The summed E-state index contributed by atoms with van der Waals surface area (Å²) in [5.74, 6) is -0.503. The van der Waals surface area contributed by atoms with E-state index in [2.05, 4.69) is 74.3 Å². The van der Waals surface area contributed by atoms with Gasteiger partial charge in [0.15, 0.2) is 6.61 Å². The maximum atomic E-state index is 10.8. The van der Waals surface area contributed by atoms with Crippen LogP contribution in [0.25, 0.3) is 33.3 Å². The average Bonchev–Trinajstić information content (AvgIpc) is 3.48. The molecule has 0 aliphatic rings. The lowest BCUT2D eigenvalue weighted by Gasteiger charge is -2.25. The monoisotopic (exact) mass is 529 g/mol. The summed E-state index contributed by atoms with van der Waals surface area (Å²) in [6, 6.07) is 40.6. The Hall–Kier alpha value is -5.01. The number of fused-ring (bicyclic) bond motifs is 1. The van der Waals surface area contributed by atoms with Gasteiger partial charge in [-0.05, 0) is 59.7 Å². The van der Waals surface area contributed by atoms with Gasteiger partial charge in [-0.1, -0.05) is 72.8 Å². The fourth-order valence-electron chi connectivity index (χ4n) is 4.60. The topological polar surface area (TPSA) is 75.6 Å². The van der Waals surface area contributed by atoms with Crippen LogP contribution in [-0.2, 0) is 4.79 Å². The second-order valence-electron chi connectivity index (χ2n) is 8.88. The summed E-state index contributed by atoms with van der Waals surface area (Å²) >= 11 is 1.19. The zero-order valence-electron chi connectivity index (χ0n) is 20.8. The molecule has 0 aliphatic carbocycles. The van der Waals surface area contributed by atoms with E-state index in [1.54, 1.807) is 12.1 Å². The summed E-state index contributed by atoms with van der Waals surface area (Å²) < 4.78 is 14.5. The van der Waals surface area contributed by atoms with E-state index in [0.717, 1.165) is 50.3 Å². The fourth-order valence-corrected chi connectivity index (χ4v) is 5.17. The number of aliphatic carboxylic acids is 1. The van der Waals surface area contributed by atoms with Gasteiger partial charge in [0.2, 0.25) is 0 Å². The lowest BCUT2D eigenvalue weighted by molar-refractivity contribution is -0.139. The number of nitrogens with zero attached hydrogens (tertiary/aromatic N) is 3. The SMILES string of the molecule is O=C(O)COc1ccc(-c2ccc(-c3ccc(N(c4ccccc4)c4ccccc4)cc3)c3nsnc23)cc1. The minimum Gasteiger partial charge on any atom is -0.482 e. The van der Waals surface area contributed by atoms with Crippen molar-refractivity contribution in [1.29, 1.82) is 0 Å². The molecule has 190 valence electrons. The first kappa shape index (κ1) is 24.3. The van der Waals surface area contributed by atoms with Gasteiger partial charge >= 0.3 is 5.97 Å². The zero-order valence-corrected chi connectivity index (χ0v) is 21.6. The number of hydrogen-bond acceptors (Lipinski definition) is 6. The molecule has 1 aromatic heterocycles. The van der Waals surface area contributed by atoms with Crippen molar-refractivity contribution in [2.75, 3.05) is 11.5 Å². The number of carboxylic acid groups (broad SMARTS) is 1. The Bertz CT molecular complexity index is 1680. The van der Waals surface area contributed by atoms with Crippen molar-refractivity contribution in [2.45, 2.75) is 0 Å². The molecule has 1 heterocycles. The van der Waals surface area contributed by atoms with Crippen LogP contribution in [0.2, 0.25) is 0 Å². The van der Waals surface area contributed by atoms with Crippen LogP contribution in [0.1, 0.15) is 0 Å². The second kappa shape index (κ2) is 10.8. The normalized spacial score (nSPS) is 10.9. The minimum atomic E-state index is -1.01. The number of hydrogen-bond donors (Lipinski definition) is 1. The van der Waals surface area contributed by atoms with E-state index >= 15 is 0 Å². The van der Waals surface area contributed by atoms with Crippen molar-refractivity contribution in [3.8, 4) is 28.0 Å². The van der Waals surface area contributed by atoms with E-state index in [9.17, 15) is 4.79 Å². The highest BCUT2D eigenvalue weighted by molar-refractivity contribution is 7.00. The molecule has 0 bridgehead atoms. The van der Waals surface area contributed by atoms with Crippen LogP contribution in [0.15, 0.2) is 121 Å². The molecule has 0 saturated carbocycles. The molecular formula is C32H23N3O3S. The van der Waals surface area contributed by atoms with Crippen molar-refractivity contribution >= 4 is 45.8 Å². The van der Waals surface area contributed by atoms with E-state index < -0.39 is 5.97 Å². The molecule has 0 unspecified atom stereocenters. The van der Waals surface area contributed by atoms with Gasteiger partial charge in [-0.15, -0.1) is 0 Å². The molecule has 39 heavy (non-hydrogen) atoms. The van der Waals surface area contributed by atoms with Crippen molar-refractivity contribution in [3.05, 3.63) is 121 Å². The highest BCUT2D eigenvalue weighted by atomic mass is 32.1. The summed E-state index contributed by atoms with van der Waals surface area (Å²) in [5, 5.41) is 8.83. The molecule has 0 amide bonds.